The van der Waals surface area contributed by atoms with Gasteiger partial charge in [-0.25, -0.2) is 0 Å². The molecular weight excluding hydrogens is 268 g/mol. The Hall–Kier alpha value is -1.03. The van der Waals surface area contributed by atoms with Gasteiger partial charge in [0.15, 0.2) is 0 Å². The lowest BCUT2D eigenvalue weighted by Gasteiger charge is -2.15. The molecular formula is C12H17BrN2O. The van der Waals surface area contributed by atoms with Gasteiger partial charge in [0.25, 0.3) is 0 Å². The molecule has 1 amide bonds. The minimum atomic E-state index is -0.00340. The first-order valence-corrected chi connectivity index (χ1v) is 6.07. The smallest absolute Gasteiger partial charge is 0.227 e. The zero-order valence-electron chi connectivity index (χ0n) is 9.75. The van der Waals surface area contributed by atoms with Gasteiger partial charge in [-0.2, -0.15) is 0 Å². The maximum atomic E-state index is 11.8. The summed E-state index contributed by atoms with van der Waals surface area (Å²) in [6.07, 6.45) is 0. The zero-order valence-corrected chi connectivity index (χ0v) is 11.3. The number of hydrogen-bond acceptors (Lipinski definition) is 2. The molecule has 1 aromatic rings. The second kappa shape index (κ2) is 5.34. The molecule has 1 rings (SSSR count). The Balaban J connectivity index is 2.74. The molecule has 0 aliphatic rings. The van der Waals surface area contributed by atoms with E-state index < -0.39 is 0 Å². The summed E-state index contributed by atoms with van der Waals surface area (Å²) in [4.78, 5) is 11.8. The lowest BCUT2D eigenvalue weighted by atomic mass is 9.97. The summed E-state index contributed by atoms with van der Waals surface area (Å²) in [7, 11) is 0. The van der Waals surface area contributed by atoms with Crippen LogP contribution >= 0.6 is 15.9 Å². The molecule has 0 saturated heterocycles. The number of carbonyl (C=O) groups excluding carboxylic acids is 1. The summed E-state index contributed by atoms with van der Waals surface area (Å²) in [6.45, 7) is 5.98. The van der Waals surface area contributed by atoms with Crippen molar-refractivity contribution >= 4 is 33.2 Å². The Morgan fingerprint density at radius 3 is 2.50 bits per heavy atom. The molecule has 0 fully saturated rings. The van der Waals surface area contributed by atoms with Crippen molar-refractivity contribution in [2.24, 2.45) is 11.8 Å². The van der Waals surface area contributed by atoms with Crippen molar-refractivity contribution in [2.75, 3.05) is 11.1 Å². The number of benzene rings is 1. The van der Waals surface area contributed by atoms with E-state index in [2.05, 4.69) is 21.2 Å². The van der Waals surface area contributed by atoms with Gasteiger partial charge in [-0.05, 0) is 40.0 Å². The number of carbonyl (C=O) groups is 1. The number of anilines is 2. The molecule has 0 aromatic heterocycles. The summed E-state index contributed by atoms with van der Waals surface area (Å²) >= 11 is 3.33. The summed E-state index contributed by atoms with van der Waals surface area (Å²) in [5, 5.41) is 2.87. The van der Waals surface area contributed by atoms with Gasteiger partial charge in [0.05, 0.1) is 0 Å². The van der Waals surface area contributed by atoms with Crippen LogP contribution in [0.1, 0.15) is 20.8 Å². The zero-order chi connectivity index (χ0) is 12.3. The van der Waals surface area contributed by atoms with E-state index in [0.717, 1.165) is 10.2 Å². The highest BCUT2D eigenvalue weighted by Crippen LogP contribution is 2.24. The molecule has 0 heterocycles. The second-order valence-corrected chi connectivity index (χ2v) is 5.11. The third-order valence-corrected chi connectivity index (χ3v) is 3.37. The number of nitrogens with one attached hydrogen (secondary N) is 1. The van der Waals surface area contributed by atoms with Gasteiger partial charge in [0.1, 0.15) is 0 Å². The van der Waals surface area contributed by atoms with Crippen molar-refractivity contribution in [2.45, 2.75) is 20.8 Å². The van der Waals surface area contributed by atoms with E-state index >= 15 is 0 Å². The highest BCUT2D eigenvalue weighted by atomic mass is 79.9. The van der Waals surface area contributed by atoms with Crippen LogP contribution in [0.5, 0.6) is 0 Å². The van der Waals surface area contributed by atoms with Crippen LogP contribution in [-0.2, 0) is 4.79 Å². The molecule has 3 nitrogen and oxygen atoms in total. The summed E-state index contributed by atoms with van der Waals surface area (Å²) in [6, 6.07) is 5.37. The van der Waals surface area contributed by atoms with Gasteiger partial charge in [0.2, 0.25) is 5.91 Å². The van der Waals surface area contributed by atoms with Crippen molar-refractivity contribution in [3.8, 4) is 0 Å². The fourth-order valence-electron chi connectivity index (χ4n) is 1.16. The number of halogens is 1. The monoisotopic (exact) mass is 284 g/mol. The standard InChI is InChI=1S/C12H17BrN2O/c1-7(2)8(3)12(16)15-9-4-5-11(14)10(13)6-9/h4-8H,14H2,1-3H3,(H,15,16). The van der Waals surface area contributed by atoms with Crippen LogP contribution in [0.25, 0.3) is 0 Å². The predicted molar refractivity (Wildman–Crippen MR) is 71.2 cm³/mol. The normalized spacial score (nSPS) is 12.6. The lowest BCUT2D eigenvalue weighted by Crippen LogP contribution is -2.24. The van der Waals surface area contributed by atoms with Gasteiger partial charge in [-0.3, -0.25) is 4.79 Å². The minimum absolute atomic E-state index is 0.00340. The second-order valence-electron chi connectivity index (χ2n) is 4.26. The molecule has 0 aliphatic heterocycles. The lowest BCUT2D eigenvalue weighted by molar-refractivity contribution is -0.120. The van der Waals surface area contributed by atoms with Gasteiger partial charge in [-0.1, -0.05) is 20.8 Å². The third-order valence-electron chi connectivity index (χ3n) is 2.68. The van der Waals surface area contributed by atoms with E-state index in [1.165, 1.54) is 0 Å². The molecule has 1 unspecified atom stereocenters. The molecule has 0 bridgehead atoms. The van der Waals surface area contributed by atoms with Crippen LogP contribution in [0.2, 0.25) is 0 Å². The average Bonchev–Trinajstić information content (AvgIpc) is 2.22. The van der Waals surface area contributed by atoms with Gasteiger partial charge >= 0.3 is 0 Å². The van der Waals surface area contributed by atoms with E-state index in [-0.39, 0.29) is 11.8 Å². The quantitative estimate of drug-likeness (QED) is 0.837. The fourth-order valence-corrected chi connectivity index (χ4v) is 1.54. The molecule has 16 heavy (non-hydrogen) atoms. The molecule has 4 heteroatoms. The topological polar surface area (TPSA) is 55.1 Å². The largest absolute Gasteiger partial charge is 0.398 e. The van der Waals surface area contributed by atoms with E-state index in [9.17, 15) is 4.79 Å². The molecule has 1 aromatic carbocycles. The van der Waals surface area contributed by atoms with Crippen molar-refractivity contribution in [3.63, 3.8) is 0 Å². The first kappa shape index (κ1) is 13.0. The van der Waals surface area contributed by atoms with E-state index in [1.54, 1.807) is 18.2 Å². The Morgan fingerprint density at radius 2 is 2.00 bits per heavy atom. The van der Waals surface area contributed by atoms with Crippen LogP contribution in [0.3, 0.4) is 0 Å². The van der Waals surface area contributed by atoms with E-state index in [4.69, 9.17) is 5.73 Å². The maximum absolute atomic E-state index is 11.8. The van der Waals surface area contributed by atoms with Crippen molar-refractivity contribution < 1.29 is 4.79 Å². The Bertz CT molecular complexity index is 391. The van der Waals surface area contributed by atoms with Crippen LogP contribution in [-0.4, -0.2) is 5.91 Å². The van der Waals surface area contributed by atoms with Gasteiger partial charge < -0.3 is 11.1 Å². The summed E-state index contributed by atoms with van der Waals surface area (Å²) in [5.74, 6) is 0.361. The molecule has 1 atom stereocenters. The van der Waals surface area contributed by atoms with Crippen LogP contribution in [0.15, 0.2) is 22.7 Å². The molecule has 0 aliphatic carbocycles. The Morgan fingerprint density at radius 1 is 1.38 bits per heavy atom. The fraction of sp³-hybridized carbons (Fsp3) is 0.417. The molecule has 0 radical (unpaired) electrons. The Kier molecular flexibility index (Phi) is 4.35. The van der Waals surface area contributed by atoms with Crippen molar-refractivity contribution in [3.05, 3.63) is 22.7 Å². The highest BCUT2D eigenvalue weighted by Gasteiger charge is 2.16. The first-order valence-electron chi connectivity index (χ1n) is 5.27. The number of hydrogen-bond donors (Lipinski definition) is 2. The van der Waals surface area contributed by atoms with Crippen LogP contribution < -0.4 is 11.1 Å². The number of amides is 1. The Labute approximate surface area is 105 Å². The van der Waals surface area contributed by atoms with Crippen molar-refractivity contribution in [1.29, 1.82) is 0 Å². The number of rotatable bonds is 3. The summed E-state index contributed by atoms with van der Waals surface area (Å²) < 4.78 is 0.794. The first-order chi connectivity index (χ1) is 7.41. The number of nitrogens with two attached hydrogens (primary N) is 1. The predicted octanol–water partition coefficient (Wildman–Crippen LogP) is 3.26. The SMILES string of the molecule is CC(C)C(C)C(=O)Nc1ccc(N)c(Br)c1. The van der Waals surface area contributed by atoms with Gasteiger partial charge in [0, 0.05) is 21.8 Å². The molecule has 3 N–H and O–H groups in total. The third kappa shape index (κ3) is 3.23. The number of nitrogen functional groups attached to an aromatic ring is 1. The molecule has 0 spiro atoms. The minimum Gasteiger partial charge on any atom is -0.398 e. The molecule has 88 valence electrons. The van der Waals surface area contributed by atoms with Gasteiger partial charge in [-0.15, -0.1) is 0 Å². The van der Waals surface area contributed by atoms with Crippen molar-refractivity contribution in [1.82, 2.24) is 0 Å². The van der Waals surface area contributed by atoms with Crippen LogP contribution in [0, 0.1) is 11.8 Å². The molecule has 0 saturated carbocycles. The highest BCUT2D eigenvalue weighted by molar-refractivity contribution is 9.10. The van der Waals surface area contributed by atoms with Crippen LogP contribution in [0.4, 0.5) is 11.4 Å². The summed E-state index contributed by atoms with van der Waals surface area (Å²) in [5.41, 5.74) is 7.09. The van der Waals surface area contributed by atoms with E-state index in [0.29, 0.717) is 11.6 Å². The van der Waals surface area contributed by atoms with E-state index in [1.807, 2.05) is 20.8 Å². The maximum Gasteiger partial charge on any atom is 0.227 e. The average molecular weight is 285 g/mol.